The molecule has 2 heterocycles. The van der Waals surface area contributed by atoms with E-state index in [1.165, 1.54) is 0 Å². The Morgan fingerprint density at radius 1 is 1.64 bits per heavy atom. The molecule has 0 radical (unpaired) electrons. The molecule has 1 N–H and O–H groups in total. The molecule has 1 fully saturated rings. The molecule has 1 saturated heterocycles. The molecule has 1 aromatic rings. The molecule has 14 heavy (non-hydrogen) atoms. The number of aromatic nitrogens is 2. The first-order valence-corrected chi connectivity index (χ1v) is 5.13. The third-order valence-corrected chi connectivity index (χ3v) is 2.64. The highest BCUT2D eigenvalue weighted by Crippen LogP contribution is 2.12. The van der Waals surface area contributed by atoms with E-state index in [0.29, 0.717) is 0 Å². The zero-order valence-electron chi connectivity index (χ0n) is 8.56. The molecule has 0 aromatic carbocycles. The second kappa shape index (κ2) is 4.11. The first kappa shape index (κ1) is 9.68. The Labute approximate surface area is 84.1 Å². The van der Waals surface area contributed by atoms with Crippen molar-refractivity contribution in [3.8, 4) is 0 Å². The number of rotatable bonds is 2. The minimum atomic E-state index is -0.146. The number of aryl methyl sites for hydroxylation is 1. The van der Waals surface area contributed by atoms with Gasteiger partial charge in [0.2, 0.25) is 0 Å². The average molecular weight is 195 g/mol. The van der Waals surface area contributed by atoms with Gasteiger partial charge in [-0.2, -0.15) is 5.10 Å². The van der Waals surface area contributed by atoms with Crippen molar-refractivity contribution >= 4 is 0 Å². The van der Waals surface area contributed by atoms with Gasteiger partial charge in [0.25, 0.3) is 0 Å². The Morgan fingerprint density at radius 2 is 2.50 bits per heavy atom. The molecule has 0 spiro atoms. The predicted octanol–water partition coefficient (Wildman–Crippen LogP) is 0.377. The second-order valence-corrected chi connectivity index (χ2v) is 4.01. The second-order valence-electron chi connectivity index (χ2n) is 4.01. The molecule has 78 valence electrons. The Balaban J connectivity index is 1.90. The van der Waals surface area contributed by atoms with Gasteiger partial charge in [-0.25, -0.2) is 0 Å². The van der Waals surface area contributed by atoms with Crippen LogP contribution in [0.2, 0.25) is 0 Å². The predicted molar refractivity (Wildman–Crippen MR) is 53.7 cm³/mol. The van der Waals surface area contributed by atoms with Crippen molar-refractivity contribution in [2.45, 2.75) is 25.5 Å². The van der Waals surface area contributed by atoms with Crippen LogP contribution in [0.5, 0.6) is 0 Å². The highest BCUT2D eigenvalue weighted by atomic mass is 16.3. The van der Waals surface area contributed by atoms with Gasteiger partial charge in [-0.05, 0) is 25.5 Å². The molecule has 0 bridgehead atoms. The normalized spacial score (nSPS) is 24.0. The lowest BCUT2D eigenvalue weighted by atomic mass is 10.1. The van der Waals surface area contributed by atoms with Crippen molar-refractivity contribution in [3.05, 3.63) is 18.0 Å². The fraction of sp³-hybridized carbons (Fsp3) is 0.700. The summed E-state index contributed by atoms with van der Waals surface area (Å²) in [6.07, 6.45) is 3.84. The largest absolute Gasteiger partial charge is 0.392 e. The van der Waals surface area contributed by atoms with Crippen molar-refractivity contribution in [1.82, 2.24) is 14.7 Å². The SMILES string of the molecule is Cn1ccc(CN2CCC[C@H](O)C2)n1. The molecule has 1 aliphatic rings. The maximum absolute atomic E-state index is 9.50. The first-order valence-electron chi connectivity index (χ1n) is 5.13. The van der Waals surface area contributed by atoms with E-state index in [-0.39, 0.29) is 6.10 Å². The lowest BCUT2D eigenvalue weighted by Crippen LogP contribution is -2.37. The van der Waals surface area contributed by atoms with E-state index < -0.39 is 0 Å². The summed E-state index contributed by atoms with van der Waals surface area (Å²) >= 11 is 0. The molecule has 0 saturated carbocycles. The number of β-amino-alcohol motifs (C(OH)–C–C–N with tert-alkyl or cyclic N) is 1. The molecule has 0 unspecified atom stereocenters. The highest BCUT2D eigenvalue weighted by molar-refractivity contribution is 4.98. The van der Waals surface area contributed by atoms with Gasteiger partial charge < -0.3 is 5.11 Å². The van der Waals surface area contributed by atoms with Gasteiger partial charge in [0.05, 0.1) is 11.8 Å². The number of aliphatic hydroxyl groups is 1. The quantitative estimate of drug-likeness (QED) is 0.741. The van der Waals surface area contributed by atoms with Crippen LogP contribution in [-0.2, 0) is 13.6 Å². The summed E-state index contributed by atoms with van der Waals surface area (Å²) in [7, 11) is 1.93. The summed E-state index contributed by atoms with van der Waals surface area (Å²) in [5.41, 5.74) is 1.08. The van der Waals surface area contributed by atoms with E-state index >= 15 is 0 Å². The van der Waals surface area contributed by atoms with E-state index in [1.807, 2.05) is 24.0 Å². The zero-order valence-corrected chi connectivity index (χ0v) is 8.56. The van der Waals surface area contributed by atoms with E-state index in [9.17, 15) is 5.11 Å². The van der Waals surface area contributed by atoms with E-state index in [0.717, 1.165) is 38.2 Å². The van der Waals surface area contributed by atoms with Gasteiger partial charge in [-0.15, -0.1) is 0 Å². The Morgan fingerprint density at radius 3 is 3.14 bits per heavy atom. The van der Waals surface area contributed by atoms with E-state index in [1.54, 1.807) is 0 Å². The third-order valence-electron chi connectivity index (χ3n) is 2.64. The maximum Gasteiger partial charge on any atom is 0.0764 e. The van der Waals surface area contributed by atoms with Crippen LogP contribution in [-0.4, -0.2) is 39.0 Å². The smallest absolute Gasteiger partial charge is 0.0764 e. The molecule has 4 heteroatoms. The summed E-state index contributed by atoms with van der Waals surface area (Å²) in [6, 6.07) is 2.03. The Kier molecular flexibility index (Phi) is 2.84. The molecule has 4 nitrogen and oxygen atoms in total. The van der Waals surface area contributed by atoms with Crippen LogP contribution in [0.15, 0.2) is 12.3 Å². The molecule has 1 aliphatic heterocycles. The standard InChI is InChI=1S/C10H17N3O/c1-12-6-4-9(11-12)7-13-5-2-3-10(14)8-13/h4,6,10,14H,2-3,5,7-8H2,1H3/t10-/m0/s1. The zero-order chi connectivity index (χ0) is 9.97. The fourth-order valence-corrected chi connectivity index (χ4v) is 1.95. The van der Waals surface area contributed by atoms with Crippen molar-refractivity contribution in [1.29, 1.82) is 0 Å². The van der Waals surface area contributed by atoms with E-state index in [2.05, 4.69) is 10.00 Å². The van der Waals surface area contributed by atoms with Crippen LogP contribution in [0.3, 0.4) is 0 Å². The highest BCUT2D eigenvalue weighted by Gasteiger charge is 2.17. The van der Waals surface area contributed by atoms with Crippen molar-refractivity contribution in [3.63, 3.8) is 0 Å². The van der Waals surface area contributed by atoms with Gasteiger partial charge in [-0.1, -0.05) is 0 Å². The van der Waals surface area contributed by atoms with Gasteiger partial charge in [-0.3, -0.25) is 9.58 Å². The molecule has 0 aliphatic carbocycles. The third kappa shape index (κ3) is 2.33. The summed E-state index contributed by atoms with van der Waals surface area (Å²) < 4.78 is 1.82. The number of nitrogens with zero attached hydrogens (tertiary/aromatic N) is 3. The number of hydrogen-bond donors (Lipinski definition) is 1. The Bertz CT molecular complexity index is 297. The Hall–Kier alpha value is -0.870. The first-order chi connectivity index (χ1) is 6.74. The van der Waals surface area contributed by atoms with Crippen LogP contribution >= 0.6 is 0 Å². The average Bonchev–Trinajstić information content (AvgIpc) is 2.51. The van der Waals surface area contributed by atoms with Crippen molar-refractivity contribution in [2.24, 2.45) is 7.05 Å². The molecular formula is C10H17N3O. The van der Waals surface area contributed by atoms with Gasteiger partial charge in [0.1, 0.15) is 0 Å². The van der Waals surface area contributed by atoms with Crippen LogP contribution in [0.25, 0.3) is 0 Å². The van der Waals surface area contributed by atoms with Crippen LogP contribution in [0.1, 0.15) is 18.5 Å². The van der Waals surface area contributed by atoms with Crippen LogP contribution in [0, 0.1) is 0 Å². The summed E-state index contributed by atoms with van der Waals surface area (Å²) in [6.45, 7) is 2.72. The molecule has 1 aromatic heterocycles. The lowest BCUT2D eigenvalue weighted by Gasteiger charge is -2.29. The minimum Gasteiger partial charge on any atom is -0.392 e. The maximum atomic E-state index is 9.50. The monoisotopic (exact) mass is 195 g/mol. The summed E-state index contributed by atoms with van der Waals surface area (Å²) in [4.78, 5) is 2.26. The lowest BCUT2D eigenvalue weighted by molar-refractivity contribution is 0.0661. The van der Waals surface area contributed by atoms with Gasteiger partial charge >= 0.3 is 0 Å². The number of piperidine rings is 1. The fourth-order valence-electron chi connectivity index (χ4n) is 1.95. The topological polar surface area (TPSA) is 41.3 Å². The number of aliphatic hydroxyl groups excluding tert-OH is 1. The summed E-state index contributed by atoms with van der Waals surface area (Å²) in [5, 5.41) is 13.8. The van der Waals surface area contributed by atoms with E-state index in [4.69, 9.17) is 0 Å². The molecular weight excluding hydrogens is 178 g/mol. The molecule has 0 amide bonds. The van der Waals surface area contributed by atoms with Crippen molar-refractivity contribution in [2.75, 3.05) is 13.1 Å². The molecule has 2 rings (SSSR count). The van der Waals surface area contributed by atoms with Crippen LogP contribution < -0.4 is 0 Å². The van der Waals surface area contributed by atoms with Crippen molar-refractivity contribution < 1.29 is 5.11 Å². The molecule has 1 atom stereocenters. The minimum absolute atomic E-state index is 0.146. The van der Waals surface area contributed by atoms with Crippen LogP contribution in [0.4, 0.5) is 0 Å². The number of hydrogen-bond acceptors (Lipinski definition) is 3. The number of likely N-dealkylation sites (tertiary alicyclic amines) is 1. The summed E-state index contributed by atoms with van der Waals surface area (Å²) in [5.74, 6) is 0. The van der Waals surface area contributed by atoms with Gasteiger partial charge in [0.15, 0.2) is 0 Å². The van der Waals surface area contributed by atoms with Gasteiger partial charge in [0, 0.05) is 26.3 Å².